The third-order valence-corrected chi connectivity index (χ3v) is 5.24. The molecule has 0 fully saturated rings. The van der Waals surface area contributed by atoms with Crippen LogP contribution in [-0.2, 0) is 11.3 Å². The van der Waals surface area contributed by atoms with Crippen LogP contribution in [0.15, 0.2) is 65.8 Å². The Morgan fingerprint density at radius 2 is 1.89 bits per heavy atom. The van der Waals surface area contributed by atoms with Gasteiger partial charge >= 0.3 is 0 Å². The van der Waals surface area contributed by atoms with E-state index in [1.165, 1.54) is 35.3 Å². The molecule has 4 aromatic rings. The number of fused-ring (bicyclic) bond motifs is 1. The smallest absolute Gasteiger partial charge is 0.263 e. The van der Waals surface area contributed by atoms with Gasteiger partial charge in [-0.2, -0.15) is 0 Å². The van der Waals surface area contributed by atoms with Gasteiger partial charge in [-0.15, -0.1) is 0 Å². The fourth-order valence-electron chi connectivity index (χ4n) is 3.48. The summed E-state index contributed by atoms with van der Waals surface area (Å²) in [5, 5.41) is 6.07. The van der Waals surface area contributed by atoms with E-state index in [-0.39, 0.29) is 25.2 Å². The molecule has 0 aliphatic heterocycles. The number of aromatic nitrogens is 3. The molecule has 0 bridgehead atoms. The number of nitrogens with one attached hydrogen (secondary N) is 2. The fraction of sp³-hybridized carbons (Fsp3) is 0.115. The van der Waals surface area contributed by atoms with Gasteiger partial charge in [-0.25, -0.2) is 18.7 Å². The Balaban J connectivity index is 1.44. The molecule has 11 heteroatoms. The van der Waals surface area contributed by atoms with Gasteiger partial charge in [0.05, 0.1) is 25.2 Å². The van der Waals surface area contributed by atoms with Gasteiger partial charge in [0.1, 0.15) is 17.7 Å². The van der Waals surface area contributed by atoms with E-state index in [4.69, 9.17) is 5.73 Å². The number of nitrogens with zero attached hydrogens (tertiary/aromatic N) is 3. The second kappa shape index (κ2) is 11.1. The van der Waals surface area contributed by atoms with Crippen LogP contribution in [0.5, 0.6) is 0 Å². The van der Waals surface area contributed by atoms with E-state index in [1.807, 2.05) is 0 Å². The average Bonchev–Trinajstić information content (AvgIpc) is 2.88. The summed E-state index contributed by atoms with van der Waals surface area (Å²) in [7, 11) is 0. The molecule has 186 valence electrons. The van der Waals surface area contributed by atoms with Crippen LogP contribution in [0.3, 0.4) is 0 Å². The molecule has 0 aliphatic carbocycles. The molecule has 0 radical (unpaired) electrons. The molecule has 0 saturated carbocycles. The maximum Gasteiger partial charge on any atom is 0.263 e. The second-order valence-corrected chi connectivity index (χ2v) is 7.86. The van der Waals surface area contributed by atoms with Crippen molar-refractivity contribution in [2.24, 2.45) is 5.73 Å². The highest BCUT2D eigenvalue weighted by atomic mass is 19.2. The van der Waals surface area contributed by atoms with Gasteiger partial charge in [-0.1, -0.05) is 17.9 Å². The minimum Gasteiger partial charge on any atom is -0.368 e. The number of pyridine rings is 1. The zero-order chi connectivity index (χ0) is 26.4. The molecule has 2 aromatic carbocycles. The highest BCUT2D eigenvalue weighted by molar-refractivity contribution is 5.94. The topological polar surface area (TPSA) is 132 Å². The minimum atomic E-state index is -1.02. The van der Waals surface area contributed by atoms with E-state index in [2.05, 4.69) is 32.4 Å². The summed E-state index contributed by atoms with van der Waals surface area (Å²) in [6, 6.07) is 11.5. The van der Waals surface area contributed by atoms with Gasteiger partial charge in [-0.3, -0.25) is 14.4 Å². The first-order valence-corrected chi connectivity index (χ1v) is 11.0. The van der Waals surface area contributed by atoms with Crippen LogP contribution in [-0.4, -0.2) is 39.4 Å². The van der Waals surface area contributed by atoms with Crippen LogP contribution in [0, 0.1) is 23.5 Å². The Bertz CT molecular complexity index is 1620. The number of benzene rings is 2. The lowest BCUT2D eigenvalue weighted by atomic mass is 10.1. The largest absolute Gasteiger partial charge is 0.368 e. The summed E-state index contributed by atoms with van der Waals surface area (Å²) in [4.78, 5) is 44.6. The molecular weight excluding hydrogens is 482 g/mol. The SMILES string of the molecule is NC(=O)CNc1ncnc2ccc(C#CCNC(=O)c3cccn(Cc4ccc(F)c(F)c4)c3=O)cc12. The second-order valence-electron chi connectivity index (χ2n) is 7.86. The van der Waals surface area contributed by atoms with Crippen molar-refractivity contribution in [3.8, 4) is 11.8 Å². The molecule has 0 aliphatic rings. The monoisotopic (exact) mass is 502 g/mol. The van der Waals surface area contributed by atoms with Crippen molar-refractivity contribution < 1.29 is 18.4 Å². The molecule has 0 saturated heterocycles. The number of primary amides is 1. The number of halogens is 2. The predicted octanol–water partition coefficient (Wildman–Crippen LogP) is 1.80. The van der Waals surface area contributed by atoms with Crippen LogP contribution in [0.1, 0.15) is 21.5 Å². The third kappa shape index (κ3) is 6.12. The van der Waals surface area contributed by atoms with E-state index in [1.54, 1.807) is 18.2 Å². The quantitative estimate of drug-likeness (QED) is 0.330. The first-order valence-electron chi connectivity index (χ1n) is 11.0. The first-order chi connectivity index (χ1) is 17.8. The Morgan fingerprint density at radius 3 is 2.68 bits per heavy atom. The van der Waals surface area contributed by atoms with Gasteiger partial charge in [0.2, 0.25) is 5.91 Å². The molecule has 0 unspecified atom stereocenters. The van der Waals surface area contributed by atoms with Crippen LogP contribution < -0.4 is 21.9 Å². The van der Waals surface area contributed by atoms with Crippen molar-refractivity contribution in [1.29, 1.82) is 0 Å². The predicted molar refractivity (Wildman–Crippen MR) is 133 cm³/mol. The average molecular weight is 502 g/mol. The van der Waals surface area contributed by atoms with Crippen molar-refractivity contribution in [3.05, 3.63) is 99.7 Å². The molecular formula is C26H20F2N6O3. The van der Waals surface area contributed by atoms with E-state index < -0.39 is 29.0 Å². The van der Waals surface area contributed by atoms with Gasteiger partial charge < -0.3 is 20.9 Å². The number of rotatable bonds is 7. The van der Waals surface area contributed by atoms with E-state index in [9.17, 15) is 23.2 Å². The summed E-state index contributed by atoms with van der Waals surface area (Å²) in [6.45, 7) is -0.151. The van der Waals surface area contributed by atoms with Gasteiger partial charge in [0.25, 0.3) is 11.5 Å². The van der Waals surface area contributed by atoms with Gasteiger partial charge in [0.15, 0.2) is 11.6 Å². The maximum atomic E-state index is 13.5. The van der Waals surface area contributed by atoms with Crippen LogP contribution in [0.25, 0.3) is 10.9 Å². The fourth-order valence-corrected chi connectivity index (χ4v) is 3.48. The molecule has 0 atom stereocenters. The number of anilines is 1. The molecule has 2 heterocycles. The molecule has 2 aromatic heterocycles. The van der Waals surface area contributed by atoms with Crippen LogP contribution in [0.4, 0.5) is 14.6 Å². The van der Waals surface area contributed by atoms with Crippen LogP contribution in [0.2, 0.25) is 0 Å². The standard InChI is InChI=1S/C26H20F2N6O3/c27-20-7-5-17(12-21(20)28)14-34-10-2-4-18(26(34)37)25(36)30-9-1-3-16-6-8-22-19(11-16)24(33-15-32-22)31-13-23(29)35/h2,4-8,10-12,15H,9,13-14H2,(H2,29,35)(H,30,36)(H,31,32,33). The number of carbonyl (C=O) groups excluding carboxylic acids is 2. The van der Waals surface area contributed by atoms with Gasteiger partial charge in [-0.05, 0) is 48.0 Å². The molecule has 2 amide bonds. The van der Waals surface area contributed by atoms with E-state index >= 15 is 0 Å². The van der Waals surface area contributed by atoms with E-state index in [0.717, 1.165) is 12.1 Å². The lowest BCUT2D eigenvalue weighted by molar-refractivity contribution is -0.116. The molecule has 4 N–H and O–H groups in total. The number of hydrogen-bond donors (Lipinski definition) is 3. The molecule has 37 heavy (non-hydrogen) atoms. The Labute approximate surface area is 209 Å². The molecule has 0 spiro atoms. The zero-order valence-electron chi connectivity index (χ0n) is 19.3. The van der Waals surface area contributed by atoms with Crippen LogP contribution >= 0.6 is 0 Å². The highest BCUT2D eigenvalue weighted by Crippen LogP contribution is 2.20. The summed E-state index contributed by atoms with van der Waals surface area (Å²) in [5.74, 6) is 3.01. The van der Waals surface area contributed by atoms with Crippen molar-refractivity contribution in [1.82, 2.24) is 19.9 Å². The lowest BCUT2D eigenvalue weighted by Gasteiger charge is -2.08. The Kier molecular flexibility index (Phi) is 7.49. The van der Waals surface area contributed by atoms with Crippen molar-refractivity contribution >= 4 is 28.5 Å². The number of nitrogens with two attached hydrogens (primary N) is 1. The van der Waals surface area contributed by atoms with Crippen molar-refractivity contribution in [2.45, 2.75) is 6.54 Å². The highest BCUT2D eigenvalue weighted by Gasteiger charge is 2.12. The summed E-state index contributed by atoms with van der Waals surface area (Å²) in [5.41, 5.74) is 6.12. The number of amides is 2. The Morgan fingerprint density at radius 1 is 1.05 bits per heavy atom. The number of hydrogen-bond acceptors (Lipinski definition) is 6. The van der Waals surface area contributed by atoms with E-state index in [0.29, 0.717) is 27.8 Å². The van der Waals surface area contributed by atoms with Crippen molar-refractivity contribution in [2.75, 3.05) is 18.4 Å². The first kappa shape index (κ1) is 25.0. The summed E-state index contributed by atoms with van der Waals surface area (Å²) in [6.07, 6.45) is 2.82. The molecule has 4 rings (SSSR count). The number of carbonyl (C=O) groups is 2. The third-order valence-electron chi connectivity index (χ3n) is 5.24. The minimum absolute atomic E-state index is 0.0288. The van der Waals surface area contributed by atoms with Crippen molar-refractivity contribution in [3.63, 3.8) is 0 Å². The normalized spacial score (nSPS) is 10.4. The summed E-state index contributed by atoms with van der Waals surface area (Å²) < 4.78 is 27.9. The summed E-state index contributed by atoms with van der Waals surface area (Å²) >= 11 is 0. The van der Waals surface area contributed by atoms with Gasteiger partial charge in [0, 0.05) is 17.1 Å². The maximum absolute atomic E-state index is 13.5. The Hall–Kier alpha value is -5.11. The lowest BCUT2D eigenvalue weighted by Crippen LogP contribution is -2.33. The zero-order valence-corrected chi connectivity index (χ0v) is 19.3. The molecule has 9 nitrogen and oxygen atoms in total.